The van der Waals surface area contributed by atoms with Crippen LogP contribution in [-0.4, -0.2) is 18.3 Å². The van der Waals surface area contributed by atoms with Gasteiger partial charge in [0.15, 0.2) is 11.6 Å². The standard InChI is InChI=1S/C13H19FO2/c1-8(2)13(15)9(3)10-5-6-12(16-4)11(14)7-10/h5-9,13,15H,1-4H3. The normalized spacial score (nSPS) is 14.9. The van der Waals surface area contributed by atoms with E-state index in [9.17, 15) is 9.50 Å². The summed E-state index contributed by atoms with van der Waals surface area (Å²) in [6.07, 6.45) is -0.465. The Morgan fingerprint density at radius 2 is 1.88 bits per heavy atom. The minimum atomic E-state index is -0.465. The monoisotopic (exact) mass is 226 g/mol. The molecule has 0 bridgehead atoms. The lowest BCUT2D eigenvalue weighted by Crippen LogP contribution is -2.22. The van der Waals surface area contributed by atoms with Gasteiger partial charge >= 0.3 is 0 Å². The molecule has 16 heavy (non-hydrogen) atoms. The number of ether oxygens (including phenoxy) is 1. The molecule has 1 aromatic rings. The van der Waals surface area contributed by atoms with Crippen molar-refractivity contribution < 1.29 is 14.2 Å². The molecule has 3 heteroatoms. The lowest BCUT2D eigenvalue weighted by atomic mass is 9.89. The van der Waals surface area contributed by atoms with Crippen LogP contribution in [-0.2, 0) is 0 Å². The van der Waals surface area contributed by atoms with Crippen molar-refractivity contribution in [3.8, 4) is 5.75 Å². The van der Waals surface area contributed by atoms with Gasteiger partial charge in [-0.2, -0.15) is 0 Å². The van der Waals surface area contributed by atoms with Crippen LogP contribution in [0.5, 0.6) is 5.75 Å². The molecule has 1 rings (SSSR count). The molecule has 0 spiro atoms. The van der Waals surface area contributed by atoms with Crippen LogP contribution >= 0.6 is 0 Å². The van der Waals surface area contributed by atoms with Crippen LogP contribution in [0.2, 0.25) is 0 Å². The van der Waals surface area contributed by atoms with Gasteiger partial charge in [-0.05, 0) is 23.6 Å². The van der Waals surface area contributed by atoms with Crippen molar-refractivity contribution in [2.75, 3.05) is 7.11 Å². The quantitative estimate of drug-likeness (QED) is 0.855. The van der Waals surface area contributed by atoms with Gasteiger partial charge in [-0.25, -0.2) is 4.39 Å². The zero-order chi connectivity index (χ0) is 12.3. The Labute approximate surface area is 96.1 Å². The third kappa shape index (κ3) is 2.73. The minimum absolute atomic E-state index is 0.0830. The maximum atomic E-state index is 13.5. The molecule has 0 aliphatic rings. The first-order chi connectivity index (χ1) is 7.47. The van der Waals surface area contributed by atoms with Gasteiger partial charge in [-0.15, -0.1) is 0 Å². The van der Waals surface area contributed by atoms with E-state index in [1.165, 1.54) is 13.2 Å². The first kappa shape index (κ1) is 13.0. The fraction of sp³-hybridized carbons (Fsp3) is 0.538. The van der Waals surface area contributed by atoms with Crippen molar-refractivity contribution in [3.63, 3.8) is 0 Å². The molecule has 1 N–H and O–H groups in total. The fourth-order valence-electron chi connectivity index (χ4n) is 1.74. The minimum Gasteiger partial charge on any atom is -0.494 e. The third-order valence-electron chi connectivity index (χ3n) is 2.90. The van der Waals surface area contributed by atoms with E-state index in [4.69, 9.17) is 4.74 Å². The highest BCUT2D eigenvalue weighted by atomic mass is 19.1. The summed E-state index contributed by atoms with van der Waals surface area (Å²) < 4.78 is 18.3. The number of benzene rings is 1. The van der Waals surface area contributed by atoms with Crippen molar-refractivity contribution in [1.29, 1.82) is 0 Å². The molecule has 0 aromatic heterocycles. The zero-order valence-electron chi connectivity index (χ0n) is 10.2. The van der Waals surface area contributed by atoms with Crippen LogP contribution in [0.3, 0.4) is 0 Å². The molecule has 1 aromatic carbocycles. The van der Waals surface area contributed by atoms with E-state index in [1.54, 1.807) is 12.1 Å². The first-order valence-corrected chi connectivity index (χ1v) is 5.48. The molecule has 0 aliphatic heterocycles. The van der Waals surface area contributed by atoms with E-state index < -0.39 is 6.10 Å². The average molecular weight is 226 g/mol. The molecule has 2 atom stereocenters. The van der Waals surface area contributed by atoms with Crippen LogP contribution < -0.4 is 4.74 Å². The van der Waals surface area contributed by atoms with Crippen molar-refractivity contribution in [3.05, 3.63) is 29.6 Å². The Hall–Kier alpha value is -1.09. The molecule has 0 saturated heterocycles. The second-order valence-electron chi connectivity index (χ2n) is 4.42. The van der Waals surface area contributed by atoms with Gasteiger partial charge in [-0.1, -0.05) is 26.8 Å². The number of methoxy groups -OCH3 is 1. The van der Waals surface area contributed by atoms with Gasteiger partial charge in [0.2, 0.25) is 0 Å². The highest BCUT2D eigenvalue weighted by Gasteiger charge is 2.20. The molecule has 0 aliphatic carbocycles. The molecular formula is C13H19FO2. The van der Waals surface area contributed by atoms with Crippen LogP contribution in [0.15, 0.2) is 18.2 Å². The topological polar surface area (TPSA) is 29.5 Å². The fourth-order valence-corrected chi connectivity index (χ4v) is 1.74. The molecule has 2 nitrogen and oxygen atoms in total. The first-order valence-electron chi connectivity index (χ1n) is 5.48. The maximum absolute atomic E-state index is 13.5. The van der Waals surface area contributed by atoms with Gasteiger partial charge in [0.1, 0.15) is 0 Å². The van der Waals surface area contributed by atoms with Crippen LogP contribution in [0.25, 0.3) is 0 Å². The van der Waals surface area contributed by atoms with E-state index in [1.807, 2.05) is 20.8 Å². The van der Waals surface area contributed by atoms with Gasteiger partial charge < -0.3 is 9.84 Å². The van der Waals surface area contributed by atoms with E-state index in [-0.39, 0.29) is 23.4 Å². The van der Waals surface area contributed by atoms with E-state index in [2.05, 4.69) is 0 Å². The number of halogens is 1. The molecule has 0 radical (unpaired) electrons. The second-order valence-corrected chi connectivity index (χ2v) is 4.42. The van der Waals surface area contributed by atoms with E-state index in [0.29, 0.717) is 0 Å². The lowest BCUT2D eigenvalue weighted by Gasteiger charge is -2.22. The van der Waals surface area contributed by atoms with Crippen molar-refractivity contribution >= 4 is 0 Å². The van der Waals surface area contributed by atoms with Crippen molar-refractivity contribution in [1.82, 2.24) is 0 Å². The Bertz CT molecular complexity index is 350. The molecule has 90 valence electrons. The SMILES string of the molecule is COc1ccc(C(C)C(O)C(C)C)cc1F. The summed E-state index contributed by atoms with van der Waals surface area (Å²) in [6.45, 7) is 5.79. The number of hydrogen-bond acceptors (Lipinski definition) is 2. The van der Waals surface area contributed by atoms with Crippen molar-refractivity contribution in [2.24, 2.45) is 5.92 Å². The number of hydrogen-bond donors (Lipinski definition) is 1. The lowest BCUT2D eigenvalue weighted by molar-refractivity contribution is 0.102. The Kier molecular flexibility index (Phi) is 4.30. The van der Waals surface area contributed by atoms with E-state index >= 15 is 0 Å². The summed E-state index contributed by atoms with van der Waals surface area (Å²) >= 11 is 0. The Balaban J connectivity index is 2.92. The summed E-state index contributed by atoms with van der Waals surface area (Å²) in [5.41, 5.74) is 0.791. The van der Waals surface area contributed by atoms with Gasteiger partial charge in [0.05, 0.1) is 13.2 Å². The molecular weight excluding hydrogens is 207 g/mol. The zero-order valence-corrected chi connectivity index (χ0v) is 10.2. The number of rotatable bonds is 4. The maximum Gasteiger partial charge on any atom is 0.165 e. The highest BCUT2D eigenvalue weighted by Crippen LogP contribution is 2.27. The van der Waals surface area contributed by atoms with E-state index in [0.717, 1.165) is 5.56 Å². The van der Waals surface area contributed by atoms with Crippen LogP contribution in [0.1, 0.15) is 32.3 Å². The number of aliphatic hydroxyl groups is 1. The molecule has 2 unspecified atom stereocenters. The molecule has 0 amide bonds. The van der Waals surface area contributed by atoms with Gasteiger partial charge in [0.25, 0.3) is 0 Å². The molecule has 0 fully saturated rings. The summed E-state index contributed by atoms with van der Waals surface area (Å²) in [5, 5.41) is 9.91. The Morgan fingerprint density at radius 3 is 2.31 bits per heavy atom. The van der Waals surface area contributed by atoms with Crippen LogP contribution in [0, 0.1) is 11.7 Å². The third-order valence-corrected chi connectivity index (χ3v) is 2.90. The predicted octanol–water partition coefficient (Wildman–Crippen LogP) is 2.95. The smallest absolute Gasteiger partial charge is 0.165 e. The highest BCUT2D eigenvalue weighted by molar-refractivity contribution is 5.31. The predicted molar refractivity (Wildman–Crippen MR) is 62.2 cm³/mol. The summed E-state index contributed by atoms with van der Waals surface area (Å²) in [6, 6.07) is 4.81. The largest absolute Gasteiger partial charge is 0.494 e. The summed E-state index contributed by atoms with van der Waals surface area (Å²) in [4.78, 5) is 0. The van der Waals surface area contributed by atoms with Crippen LogP contribution in [0.4, 0.5) is 4.39 Å². The number of aliphatic hydroxyl groups excluding tert-OH is 1. The van der Waals surface area contributed by atoms with Crippen molar-refractivity contribution in [2.45, 2.75) is 32.8 Å². The Morgan fingerprint density at radius 1 is 1.25 bits per heavy atom. The summed E-state index contributed by atoms with van der Waals surface area (Å²) in [7, 11) is 1.43. The summed E-state index contributed by atoms with van der Waals surface area (Å²) in [5.74, 6) is -0.0849. The average Bonchev–Trinajstić information content (AvgIpc) is 2.26. The molecule has 0 saturated carbocycles. The molecule has 0 heterocycles. The van der Waals surface area contributed by atoms with Gasteiger partial charge in [-0.3, -0.25) is 0 Å². The second kappa shape index (κ2) is 5.30. The van der Waals surface area contributed by atoms with Gasteiger partial charge in [0, 0.05) is 5.92 Å².